The van der Waals surface area contributed by atoms with E-state index >= 15 is 0 Å². The van der Waals surface area contributed by atoms with Crippen LogP contribution in [0.5, 0.6) is 0 Å². The summed E-state index contributed by atoms with van der Waals surface area (Å²) in [4.78, 5) is 15.9. The number of rotatable bonds is 3. The highest BCUT2D eigenvalue weighted by atomic mass is 35.5. The fraction of sp³-hybridized carbons (Fsp3) is 0.143. The number of carbonyl (C=O) groups is 1. The Balaban J connectivity index is 2.15. The molecule has 0 bridgehead atoms. The SMILES string of the molecule is C[C@@H](NC(=O)c1cc(Cl)ncc1N)c1ccccc1. The summed E-state index contributed by atoms with van der Waals surface area (Å²) in [7, 11) is 0. The van der Waals surface area contributed by atoms with Gasteiger partial charge in [0.25, 0.3) is 5.91 Å². The van der Waals surface area contributed by atoms with Gasteiger partial charge in [-0.15, -0.1) is 0 Å². The van der Waals surface area contributed by atoms with Gasteiger partial charge in [0.05, 0.1) is 23.5 Å². The molecule has 5 heteroatoms. The van der Waals surface area contributed by atoms with Gasteiger partial charge in [-0.2, -0.15) is 0 Å². The molecule has 1 atom stereocenters. The van der Waals surface area contributed by atoms with Crippen LogP contribution in [0.1, 0.15) is 28.9 Å². The minimum absolute atomic E-state index is 0.111. The molecule has 0 fully saturated rings. The number of hydrogen-bond acceptors (Lipinski definition) is 3. The van der Waals surface area contributed by atoms with E-state index < -0.39 is 0 Å². The molecule has 0 saturated heterocycles. The van der Waals surface area contributed by atoms with Crippen LogP contribution in [0.4, 0.5) is 5.69 Å². The van der Waals surface area contributed by atoms with Crippen molar-refractivity contribution in [2.45, 2.75) is 13.0 Å². The first-order valence-corrected chi connectivity index (χ1v) is 6.22. The molecule has 1 aromatic heterocycles. The summed E-state index contributed by atoms with van der Waals surface area (Å²) in [6, 6.07) is 11.0. The molecule has 0 spiro atoms. The van der Waals surface area contributed by atoms with Gasteiger partial charge in [-0.1, -0.05) is 41.9 Å². The highest BCUT2D eigenvalue weighted by Gasteiger charge is 2.14. The third-order valence-electron chi connectivity index (χ3n) is 2.79. The second-order valence-corrected chi connectivity index (χ2v) is 4.59. The standard InChI is InChI=1S/C14H14ClN3O/c1-9(10-5-3-2-4-6-10)18-14(19)11-7-13(15)17-8-12(11)16/h2-9H,16H2,1H3,(H,18,19)/t9-/m1/s1. The van der Waals surface area contributed by atoms with Crippen LogP contribution in [0.2, 0.25) is 5.15 Å². The van der Waals surface area contributed by atoms with Crippen molar-refractivity contribution in [2.24, 2.45) is 0 Å². The maximum Gasteiger partial charge on any atom is 0.254 e. The number of hydrogen-bond donors (Lipinski definition) is 2. The van der Waals surface area contributed by atoms with Gasteiger partial charge in [-0.3, -0.25) is 4.79 Å². The topological polar surface area (TPSA) is 68.0 Å². The number of benzene rings is 1. The molecule has 0 unspecified atom stereocenters. The molecule has 1 aromatic carbocycles. The summed E-state index contributed by atoms with van der Waals surface area (Å²) >= 11 is 5.77. The van der Waals surface area contributed by atoms with Gasteiger partial charge in [-0.05, 0) is 18.6 Å². The van der Waals surface area contributed by atoms with Gasteiger partial charge in [0.15, 0.2) is 0 Å². The number of nitrogen functional groups attached to an aromatic ring is 1. The summed E-state index contributed by atoms with van der Waals surface area (Å²) in [6.07, 6.45) is 1.38. The zero-order valence-corrected chi connectivity index (χ0v) is 11.2. The Bertz CT molecular complexity index is 586. The summed E-state index contributed by atoms with van der Waals surface area (Å²) in [6.45, 7) is 1.91. The second-order valence-electron chi connectivity index (χ2n) is 4.20. The molecule has 0 aliphatic heterocycles. The van der Waals surface area contributed by atoms with Crippen LogP contribution in [0.25, 0.3) is 0 Å². The quantitative estimate of drug-likeness (QED) is 0.847. The Kier molecular flexibility index (Phi) is 4.02. The van der Waals surface area contributed by atoms with Gasteiger partial charge in [0.1, 0.15) is 5.15 Å². The summed E-state index contributed by atoms with van der Waals surface area (Å²) in [5, 5.41) is 3.12. The second kappa shape index (κ2) is 5.71. The van der Waals surface area contributed by atoms with Crippen molar-refractivity contribution in [2.75, 3.05) is 5.73 Å². The molecule has 4 nitrogen and oxygen atoms in total. The largest absolute Gasteiger partial charge is 0.397 e. The lowest BCUT2D eigenvalue weighted by Gasteiger charge is -2.15. The molecule has 0 aliphatic carbocycles. The number of carbonyl (C=O) groups excluding carboxylic acids is 1. The maximum absolute atomic E-state index is 12.1. The zero-order valence-electron chi connectivity index (χ0n) is 10.4. The smallest absolute Gasteiger partial charge is 0.254 e. The van der Waals surface area contributed by atoms with E-state index in [1.54, 1.807) is 0 Å². The number of nitrogens with zero attached hydrogens (tertiary/aromatic N) is 1. The van der Waals surface area contributed by atoms with Crippen molar-refractivity contribution in [3.05, 3.63) is 58.9 Å². The van der Waals surface area contributed by atoms with Crippen molar-refractivity contribution in [1.29, 1.82) is 0 Å². The average Bonchev–Trinajstić information content (AvgIpc) is 2.42. The molecular weight excluding hydrogens is 262 g/mol. The number of anilines is 1. The van der Waals surface area contributed by atoms with E-state index in [0.717, 1.165) is 5.56 Å². The van der Waals surface area contributed by atoms with Gasteiger partial charge in [-0.25, -0.2) is 4.98 Å². The first-order chi connectivity index (χ1) is 9.08. The highest BCUT2D eigenvalue weighted by molar-refractivity contribution is 6.29. The highest BCUT2D eigenvalue weighted by Crippen LogP contribution is 2.17. The van der Waals surface area contributed by atoms with E-state index in [9.17, 15) is 4.79 Å². The Morgan fingerprint density at radius 2 is 2.05 bits per heavy atom. The molecule has 2 aromatic rings. The third-order valence-corrected chi connectivity index (χ3v) is 3.00. The fourth-order valence-corrected chi connectivity index (χ4v) is 1.89. The van der Waals surface area contributed by atoms with E-state index in [2.05, 4.69) is 10.3 Å². The first-order valence-electron chi connectivity index (χ1n) is 5.84. The summed E-state index contributed by atoms with van der Waals surface area (Å²) in [5.41, 5.74) is 7.39. The molecule has 0 radical (unpaired) electrons. The molecule has 0 aliphatic rings. The number of nitrogens with one attached hydrogen (secondary N) is 1. The van der Waals surface area contributed by atoms with Crippen molar-refractivity contribution in [1.82, 2.24) is 10.3 Å². The summed E-state index contributed by atoms with van der Waals surface area (Å²) < 4.78 is 0. The lowest BCUT2D eigenvalue weighted by molar-refractivity contribution is 0.0940. The van der Waals surface area contributed by atoms with Crippen LogP contribution in [-0.2, 0) is 0 Å². The van der Waals surface area contributed by atoms with Crippen LogP contribution in [-0.4, -0.2) is 10.9 Å². The summed E-state index contributed by atoms with van der Waals surface area (Å²) in [5.74, 6) is -0.266. The van der Waals surface area contributed by atoms with Crippen molar-refractivity contribution in [3.63, 3.8) is 0 Å². The van der Waals surface area contributed by atoms with E-state index in [4.69, 9.17) is 17.3 Å². The minimum atomic E-state index is -0.266. The Labute approximate surface area is 116 Å². The Hall–Kier alpha value is -2.07. The molecule has 0 saturated carbocycles. The monoisotopic (exact) mass is 275 g/mol. The van der Waals surface area contributed by atoms with Crippen LogP contribution < -0.4 is 11.1 Å². The number of amides is 1. The van der Waals surface area contributed by atoms with Gasteiger partial charge in [0, 0.05) is 0 Å². The van der Waals surface area contributed by atoms with E-state index in [0.29, 0.717) is 11.3 Å². The average molecular weight is 276 g/mol. The third kappa shape index (κ3) is 3.23. The molecule has 1 amide bonds. The van der Waals surface area contributed by atoms with Crippen LogP contribution in [0.3, 0.4) is 0 Å². The zero-order chi connectivity index (χ0) is 13.8. The van der Waals surface area contributed by atoms with Crippen LogP contribution in [0, 0.1) is 0 Å². The van der Waals surface area contributed by atoms with E-state index in [1.807, 2.05) is 37.3 Å². The lowest BCUT2D eigenvalue weighted by atomic mass is 10.1. The van der Waals surface area contributed by atoms with Crippen molar-refractivity contribution >= 4 is 23.2 Å². The predicted molar refractivity (Wildman–Crippen MR) is 76.0 cm³/mol. The van der Waals surface area contributed by atoms with Crippen molar-refractivity contribution < 1.29 is 4.79 Å². The number of nitrogens with two attached hydrogens (primary N) is 1. The molecule has 98 valence electrons. The van der Waals surface area contributed by atoms with Gasteiger partial charge < -0.3 is 11.1 Å². The molecule has 1 heterocycles. The normalized spacial score (nSPS) is 11.9. The number of halogens is 1. The number of pyridine rings is 1. The molecular formula is C14H14ClN3O. The Morgan fingerprint density at radius 1 is 1.37 bits per heavy atom. The molecule has 2 rings (SSSR count). The fourth-order valence-electron chi connectivity index (χ4n) is 1.74. The van der Waals surface area contributed by atoms with E-state index in [-0.39, 0.29) is 17.1 Å². The van der Waals surface area contributed by atoms with Crippen LogP contribution in [0.15, 0.2) is 42.6 Å². The van der Waals surface area contributed by atoms with Crippen molar-refractivity contribution in [3.8, 4) is 0 Å². The van der Waals surface area contributed by atoms with Gasteiger partial charge >= 0.3 is 0 Å². The molecule has 3 N–H and O–H groups in total. The minimum Gasteiger partial charge on any atom is -0.397 e. The lowest BCUT2D eigenvalue weighted by Crippen LogP contribution is -2.27. The Morgan fingerprint density at radius 3 is 2.74 bits per heavy atom. The van der Waals surface area contributed by atoms with E-state index in [1.165, 1.54) is 12.3 Å². The number of aromatic nitrogens is 1. The van der Waals surface area contributed by atoms with Gasteiger partial charge in [0.2, 0.25) is 0 Å². The maximum atomic E-state index is 12.1. The first kappa shape index (κ1) is 13.4. The van der Waals surface area contributed by atoms with Crippen LogP contribution >= 0.6 is 11.6 Å². The molecule has 19 heavy (non-hydrogen) atoms. The predicted octanol–water partition coefficient (Wildman–Crippen LogP) is 2.81.